The van der Waals surface area contributed by atoms with Crippen LogP contribution in [0.15, 0.2) is 70.7 Å². The maximum absolute atomic E-state index is 14.7. The van der Waals surface area contributed by atoms with Gasteiger partial charge in [0.2, 0.25) is 5.60 Å². The van der Waals surface area contributed by atoms with Gasteiger partial charge < -0.3 is 36.4 Å². The number of pyridine rings is 1. The zero-order valence-electron chi connectivity index (χ0n) is 27.0. The zero-order valence-corrected chi connectivity index (χ0v) is 28.6. The minimum atomic E-state index is -1.79. The third kappa shape index (κ3) is 6.84. The van der Waals surface area contributed by atoms with Crippen molar-refractivity contribution in [3.05, 3.63) is 88.2 Å². The second-order valence-corrected chi connectivity index (χ2v) is 14.2. The van der Waals surface area contributed by atoms with Gasteiger partial charge in [-0.1, -0.05) is 17.3 Å². The molecule has 3 aromatic heterocycles. The lowest BCUT2D eigenvalue weighted by atomic mass is 10.0. The van der Waals surface area contributed by atoms with Gasteiger partial charge in [-0.2, -0.15) is 0 Å². The van der Waals surface area contributed by atoms with E-state index in [1.54, 1.807) is 22.9 Å². The summed E-state index contributed by atoms with van der Waals surface area (Å²) < 4.78 is 18.4. The van der Waals surface area contributed by atoms with E-state index >= 15 is 0 Å². The number of anilines is 1. The number of amides is 2. The van der Waals surface area contributed by atoms with E-state index in [0.29, 0.717) is 16.7 Å². The van der Waals surface area contributed by atoms with E-state index in [9.17, 15) is 33.8 Å². The molecule has 0 radical (unpaired) electrons. The van der Waals surface area contributed by atoms with E-state index in [1.165, 1.54) is 37.1 Å². The van der Waals surface area contributed by atoms with Gasteiger partial charge in [0.1, 0.15) is 34.5 Å². The molecule has 16 nitrogen and oxygen atoms in total. The molecule has 1 saturated heterocycles. The fourth-order valence-electron chi connectivity index (χ4n) is 5.49. The molecule has 51 heavy (non-hydrogen) atoms. The number of thiazole rings is 1. The lowest BCUT2D eigenvalue weighted by molar-refractivity contribution is -0.687. The van der Waals surface area contributed by atoms with Crippen LogP contribution >= 0.6 is 23.1 Å². The maximum atomic E-state index is 14.7. The molecule has 1 aromatic carbocycles. The average Bonchev–Trinajstić information content (AvgIpc) is 3.69. The van der Waals surface area contributed by atoms with Gasteiger partial charge in [-0.25, -0.2) is 23.5 Å². The van der Waals surface area contributed by atoms with Crippen LogP contribution in [0.2, 0.25) is 0 Å². The normalized spacial score (nSPS) is 17.6. The molecule has 1 fully saturated rings. The number of carboxylic acid groups (broad SMARTS) is 2. The van der Waals surface area contributed by atoms with Gasteiger partial charge in [0.05, 0.1) is 17.4 Å². The molecule has 5 heterocycles. The number of hydrogen-bond donors (Lipinski definition) is 6. The van der Waals surface area contributed by atoms with Crippen molar-refractivity contribution in [2.45, 2.75) is 44.0 Å². The topological polar surface area (TPSA) is 243 Å². The molecule has 2 aliphatic heterocycles. The van der Waals surface area contributed by atoms with Crippen molar-refractivity contribution in [2.75, 3.05) is 11.5 Å². The predicted molar refractivity (Wildman–Crippen MR) is 184 cm³/mol. The van der Waals surface area contributed by atoms with Gasteiger partial charge >= 0.3 is 11.9 Å². The van der Waals surface area contributed by atoms with E-state index in [4.69, 9.17) is 21.7 Å². The number of nitrogen functional groups attached to an aromatic ring is 2. The summed E-state index contributed by atoms with van der Waals surface area (Å²) in [5.74, 6) is -4.64. The van der Waals surface area contributed by atoms with Crippen molar-refractivity contribution in [3.63, 3.8) is 0 Å². The first-order valence-electron chi connectivity index (χ1n) is 15.2. The Kier molecular flexibility index (Phi) is 9.25. The molecule has 4 aromatic rings. The predicted octanol–water partition coefficient (Wildman–Crippen LogP) is 1.46. The summed E-state index contributed by atoms with van der Waals surface area (Å²) in [6, 6.07) is 6.97. The minimum absolute atomic E-state index is 0.00402. The number of carboxylic acids is 2. The number of amidine groups is 1. The maximum Gasteiger partial charge on any atom is 0.352 e. The third-order valence-electron chi connectivity index (χ3n) is 8.24. The average molecular weight is 737 g/mol. The van der Waals surface area contributed by atoms with Crippen LogP contribution in [0.4, 0.5) is 9.52 Å². The van der Waals surface area contributed by atoms with E-state index in [2.05, 4.69) is 15.5 Å². The number of nitrogens with two attached hydrogens (primary N) is 2. The van der Waals surface area contributed by atoms with E-state index in [-0.39, 0.29) is 41.2 Å². The fraction of sp³-hybridized carbons (Fsp3) is 0.250. The summed E-state index contributed by atoms with van der Waals surface area (Å²) in [7, 11) is 0. The highest BCUT2D eigenvalue weighted by Crippen LogP contribution is 2.40. The molecule has 0 unspecified atom stereocenters. The van der Waals surface area contributed by atoms with Crippen molar-refractivity contribution in [1.82, 2.24) is 19.8 Å². The summed E-state index contributed by atoms with van der Waals surface area (Å²) in [6.45, 7) is 2.86. The Labute approximate surface area is 296 Å². The molecule has 2 amide bonds. The summed E-state index contributed by atoms with van der Waals surface area (Å²) in [5.41, 5.74) is 10.8. The third-order valence-corrected chi connectivity index (χ3v) is 10.3. The molecule has 2 atom stereocenters. The molecule has 0 spiro atoms. The number of nitrogens with zero attached hydrogens (tertiary/aromatic N) is 5. The first-order chi connectivity index (χ1) is 24.1. The Bertz CT molecular complexity index is 2200. The van der Waals surface area contributed by atoms with Crippen LogP contribution in [-0.4, -0.2) is 82.7 Å². The molecular formula is C32H31FN9O7S2+. The number of nitrogens with one attached hydrogen (secondary N) is 2. The van der Waals surface area contributed by atoms with Crippen LogP contribution < -0.4 is 21.4 Å². The van der Waals surface area contributed by atoms with Crippen LogP contribution in [0.3, 0.4) is 0 Å². The quantitative estimate of drug-likeness (QED) is 0.0400. The highest BCUT2D eigenvalue weighted by atomic mass is 32.2. The Morgan fingerprint density at radius 1 is 1.25 bits per heavy atom. The van der Waals surface area contributed by atoms with E-state index in [1.807, 2.05) is 29.1 Å². The summed E-state index contributed by atoms with van der Waals surface area (Å²) in [4.78, 5) is 61.1. The second-order valence-electron chi connectivity index (χ2n) is 12.2. The molecule has 6 rings (SSSR count). The summed E-state index contributed by atoms with van der Waals surface area (Å²) in [5, 5.41) is 35.0. The highest BCUT2D eigenvalue weighted by molar-refractivity contribution is 8.00. The van der Waals surface area contributed by atoms with Crippen LogP contribution in [0, 0.1) is 11.2 Å². The number of benzene rings is 1. The van der Waals surface area contributed by atoms with Gasteiger partial charge in [-0.3, -0.25) is 19.9 Å². The zero-order chi connectivity index (χ0) is 36.8. The number of thioether (sulfide) groups is 1. The largest absolute Gasteiger partial charge is 0.478 e. The monoisotopic (exact) mass is 736 g/mol. The number of halogens is 1. The van der Waals surface area contributed by atoms with Crippen molar-refractivity contribution in [1.29, 1.82) is 5.41 Å². The highest BCUT2D eigenvalue weighted by Gasteiger charge is 2.55. The first-order valence-corrected chi connectivity index (χ1v) is 17.1. The minimum Gasteiger partial charge on any atom is -0.478 e. The van der Waals surface area contributed by atoms with Crippen LogP contribution in [0.25, 0.3) is 10.9 Å². The van der Waals surface area contributed by atoms with Gasteiger partial charge in [0.25, 0.3) is 11.8 Å². The number of carbonyl (C=O) groups excluding carboxylic acids is 2. The molecule has 0 bridgehead atoms. The first kappa shape index (κ1) is 35.0. The van der Waals surface area contributed by atoms with Gasteiger partial charge in [-0.15, -0.1) is 23.1 Å². The van der Waals surface area contributed by atoms with Crippen molar-refractivity contribution >= 4 is 74.4 Å². The number of rotatable bonds is 12. The van der Waals surface area contributed by atoms with Crippen molar-refractivity contribution < 1.29 is 43.2 Å². The Morgan fingerprint density at radius 3 is 2.67 bits per heavy atom. The second kappa shape index (κ2) is 13.5. The van der Waals surface area contributed by atoms with Crippen LogP contribution in [0.5, 0.6) is 0 Å². The number of aromatic nitrogens is 3. The summed E-state index contributed by atoms with van der Waals surface area (Å²) in [6.07, 6.45) is 5.39. The molecule has 2 aliphatic rings. The van der Waals surface area contributed by atoms with E-state index < -0.39 is 52.3 Å². The van der Waals surface area contributed by atoms with E-state index in [0.717, 1.165) is 27.1 Å². The molecule has 8 N–H and O–H groups in total. The molecular weight excluding hydrogens is 706 g/mol. The smallest absolute Gasteiger partial charge is 0.352 e. The van der Waals surface area contributed by atoms with Gasteiger partial charge in [0, 0.05) is 40.1 Å². The number of aliphatic carboxylic acids is 2. The molecule has 19 heteroatoms. The number of hydrogen-bond acceptors (Lipinski definition) is 11. The van der Waals surface area contributed by atoms with Crippen molar-refractivity contribution in [3.8, 4) is 0 Å². The molecule has 0 aliphatic carbocycles. The van der Waals surface area contributed by atoms with Gasteiger partial charge in [0.15, 0.2) is 29.8 Å². The lowest BCUT2D eigenvalue weighted by Crippen LogP contribution is -2.71. The standard InChI is InChI=1S/C32H30FN9O7S2/c1-32(2,30(47)48)49-39-22(20-14-51-31(36)37-20)26(43)38-23-27(44)42-24(29(45)46)18(13-50-28(23)42)11-40-7-6-21-17(10-40)5-8-41(21)12-16-4-3-15(25(34)35)9-19(16)33/h3-10,14,23,28H,11-13H2,1-2H3,(H7-,34,35,36,37,38,43,45,46,47,48)/p+1/t23-,28-/m1/s1. The van der Waals surface area contributed by atoms with Crippen LogP contribution in [0.1, 0.15) is 30.7 Å². The van der Waals surface area contributed by atoms with Gasteiger partial charge in [-0.05, 0) is 26.0 Å². The fourth-order valence-corrected chi connectivity index (χ4v) is 7.37. The lowest BCUT2D eigenvalue weighted by Gasteiger charge is -2.49. The number of carbonyl (C=O) groups is 4. The Morgan fingerprint density at radius 2 is 2.02 bits per heavy atom. The van der Waals surface area contributed by atoms with Crippen LogP contribution in [-0.2, 0) is 37.1 Å². The van der Waals surface area contributed by atoms with Crippen molar-refractivity contribution in [2.24, 2.45) is 10.9 Å². The summed E-state index contributed by atoms with van der Waals surface area (Å²) >= 11 is 2.29. The molecule has 264 valence electrons. The number of β-lactam (4-membered cyclic amide) rings is 1. The number of fused-ring (bicyclic) bond motifs is 2. The Balaban J connectivity index is 1.18. The molecule has 0 saturated carbocycles. The Hall–Kier alpha value is -5.82. The number of oxime groups is 1. The SMILES string of the molecule is CC(C)(ON=C(C(=O)N[C@@H]1C(=O)N2C(C(=O)O)=C(C[n+]3ccc4c(ccn4Cc4ccc(C(=N)N)cc4F)c3)CS[C@H]12)c1csc(N)n1)C(=O)O.